The molecule has 4 nitrogen and oxygen atoms in total. The predicted octanol–water partition coefficient (Wildman–Crippen LogP) is 0.0393. The first-order valence-electron chi connectivity index (χ1n) is 4.03. The fraction of sp³-hybridized carbons (Fsp3) is 0.875. The number of ether oxygens (including phenoxy) is 1. The van der Waals surface area contributed by atoms with Crippen molar-refractivity contribution in [3.8, 4) is 0 Å². The zero-order chi connectivity index (χ0) is 9.19. The Kier molecular flexibility index (Phi) is 2.69. The van der Waals surface area contributed by atoms with Crippen LogP contribution in [0.25, 0.3) is 0 Å². The fourth-order valence-corrected chi connectivity index (χ4v) is 1.45. The number of hydrogen-bond donors (Lipinski definition) is 1. The van der Waals surface area contributed by atoms with Crippen molar-refractivity contribution in [2.45, 2.75) is 6.92 Å². The van der Waals surface area contributed by atoms with E-state index in [4.69, 9.17) is 9.84 Å². The van der Waals surface area contributed by atoms with Crippen molar-refractivity contribution in [1.29, 1.82) is 0 Å². The molecule has 1 rings (SSSR count). The van der Waals surface area contributed by atoms with Crippen LogP contribution in [0, 0.1) is 5.41 Å². The molecule has 1 heterocycles. The van der Waals surface area contributed by atoms with Gasteiger partial charge in [-0.2, -0.15) is 0 Å². The molecular weight excluding hydrogens is 158 g/mol. The third-order valence-corrected chi connectivity index (χ3v) is 2.27. The van der Waals surface area contributed by atoms with E-state index < -0.39 is 11.4 Å². The summed E-state index contributed by atoms with van der Waals surface area (Å²) >= 11 is 0. The number of carbonyl (C=O) groups is 1. The average Bonchev–Trinajstić information content (AvgIpc) is 1.95. The van der Waals surface area contributed by atoms with E-state index in [0.29, 0.717) is 19.7 Å². The van der Waals surface area contributed by atoms with E-state index in [1.54, 1.807) is 14.0 Å². The number of hydrogen-bond acceptors (Lipinski definition) is 3. The first-order chi connectivity index (χ1) is 5.58. The molecule has 0 saturated carbocycles. The lowest BCUT2D eigenvalue weighted by Gasteiger charge is -2.44. The van der Waals surface area contributed by atoms with Crippen LogP contribution in [0.4, 0.5) is 0 Å². The largest absolute Gasteiger partial charge is 0.481 e. The minimum Gasteiger partial charge on any atom is -0.481 e. The van der Waals surface area contributed by atoms with Gasteiger partial charge in [0.15, 0.2) is 0 Å². The molecule has 70 valence electrons. The number of nitrogens with zero attached hydrogens (tertiary/aromatic N) is 1. The Morgan fingerprint density at radius 3 is 2.67 bits per heavy atom. The minimum atomic E-state index is -0.698. The van der Waals surface area contributed by atoms with Crippen LogP contribution in [0.2, 0.25) is 0 Å². The topological polar surface area (TPSA) is 49.8 Å². The quantitative estimate of drug-likeness (QED) is 0.652. The molecule has 0 aromatic heterocycles. The molecular formula is C8H15NO3. The molecule has 0 atom stereocenters. The summed E-state index contributed by atoms with van der Waals surface area (Å²) < 4.78 is 4.89. The molecule has 1 saturated heterocycles. The molecule has 1 fully saturated rings. The molecule has 0 aliphatic carbocycles. The Balaban J connectivity index is 2.22. The second kappa shape index (κ2) is 3.41. The fourth-order valence-electron chi connectivity index (χ4n) is 1.45. The summed E-state index contributed by atoms with van der Waals surface area (Å²) in [6.45, 7) is 4.57. The predicted molar refractivity (Wildman–Crippen MR) is 44.1 cm³/mol. The molecule has 12 heavy (non-hydrogen) atoms. The van der Waals surface area contributed by atoms with Crippen molar-refractivity contribution in [1.82, 2.24) is 4.90 Å². The van der Waals surface area contributed by atoms with Crippen molar-refractivity contribution in [2.24, 2.45) is 5.41 Å². The molecule has 0 aromatic rings. The van der Waals surface area contributed by atoms with Gasteiger partial charge in [-0.15, -0.1) is 0 Å². The summed E-state index contributed by atoms with van der Waals surface area (Å²) in [6.07, 6.45) is 0. The molecule has 1 aliphatic heterocycles. The number of aliphatic carboxylic acids is 1. The van der Waals surface area contributed by atoms with Crippen LogP contribution in [0.3, 0.4) is 0 Å². The maximum atomic E-state index is 10.7. The summed E-state index contributed by atoms with van der Waals surface area (Å²) in [4.78, 5) is 12.7. The molecule has 1 N–H and O–H groups in total. The number of carboxylic acids is 1. The zero-order valence-electron chi connectivity index (χ0n) is 7.54. The minimum absolute atomic E-state index is 0.520. The second-order valence-corrected chi connectivity index (χ2v) is 3.57. The van der Waals surface area contributed by atoms with Crippen molar-refractivity contribution >= 4 is 5.97 Å². The Morgan fingerprint density at radius 1 is 1.67 bits per heavy atom. The first-order valence-corrected chi connectivity index (χ1v) is 4.03. The van der Waals surface area contributed by atoms with E-state index in [-0.39, 0.29) is 0 Å². The van der Waals surface area contributed by atoms with Crippen LogP contribution in [0.15, 0.2) is 0 Å². The van der Waals surface area contributed by atoms with Crippen molar-refractivity contribution in [2.75, 3.05) is 33.4 Å². The summed E-state index contributed by atoms with van der Waals surface area (Å²) in [5.74, 6) is -0.698. The van der Waals surface area contributed by atoms with Crippen molar-refractivity contribution in [3.05, 3.63) is 0 Å². The highest BCUT2D eigenvalue weighted by Crippen LogP contribution is 2.29. The highest BCUT2D eigenvalue weighted by atomic mass is 16.5. The SMILES string of the molecule is COCCN1CC(C)(C(=O)O)C1. The van der Waals surface area contributed by atoms with E-state index in [9.17, 15) is 4.79 Å². The molecule has 0 amide bonds. The van der Waals surface area contributed by atoms with Gasteiger partial charge in [-0.3, -0.25) is 9.69 Å². The molecule has 0 spiro atoms. The Hall–Kier alpha value is -0.610. The normalized spacial score (nSPS) is 21.8. The number of likely N-dealkylation sites (tertiary alicyclic amines) is 1. The van der Waals surface area contributed by atoms with E-state index in [0.717, 1.165) is 6.54 Å². The van der Waals surface area contributed by atoms with Gasteiger partial charge in [0.25, 0.3) is 0 Å². The first kappa shape index (κ1) is 9.48. The van der Waals surface area contributed by atoms with Crippen LogP contribution in [0.5, 0.6) is 0 Å². The van der Waals surface area contributed by atoms with Gasteiger partial charge in [-0.1, -0.05) is 0 Å². The van der Waals surface area contributed by atoms with Crippen LogP contribution in [-0.2, 0) is 9.53 Å². The number of methoxy groups -OCH3 is 1. The molecule has 0 aromatic carbocycles. The monoisotopic (exact) mass is 173 g/mol. The van der Waals surface area contributed by atoms with E-state index in [1.165, 1.54) is 0 Å². The lowest BCUT2D eigenvalue weighted by atomic mass is 9.82. The molecule has 0 unspecified atom stereocenters. The van der Waals surface area contributed by atoms with E-state index in [2.05, 4.69) is 4.90 Å². The van der Waals surface area contributed by atoms with Gasteiger partial charge in [0.05, 0.1) is 12.0 Å². The standard InChI is InChI=1S/C8H15NO3/c1-8(7(10)11)5-9(6-8)3-4-12-2/h3-6H2,1-2H3,(H,10,11). The lowest BCUT2D eigenvalue weighted by Crippen LogP contribution is -2.59. The summed E-state index contributed by atoms with van der Waals surface area (Å²) in [5.41, 5.74) is -0.520. The van der Waals surface area contributed by atoms with E-state index in [1.807, 2.05) is 0 Å². The maximum absolute atomic E-state index is 10.7. The molecule has 0 radical (unpaired) electrons. The van der Waals surface area contributed by atoms with Crippen LogP contribution >= 0.6 is 0 Å². The summed E-state index contributed by atoms with van der Waals surface area (Å²) in [6, 6.07) is 0. The lowest BCUT2D eigenvalue weighted by molar-refractivity contribution is -0.158. The van der Waals surface area contributed by atoms with Gasteiger partial charge < -0.3 is 9.84 Å². The van der Waals surface area contributed by atoms with E-state index >= 15 is 0 Å². The summed E-state index contributed by atoms with van der Waals surface area (Å²) in [5, 5.41) is 8.78. The van der Waals surface area contributed by atoms with Crippen LogP contribution in [-0.4, -0.2) is 49.3 Å². The van der Waals surface area contributed by atoms with Crippen LogP contribution < -0.4 is 0 Å². The van der Waals surface area contributed by atoms with Gasteiger partial charge in [0.1, 0.15) is 0 Å². The second-order valence-electron chi connectivity index (χ2n) is 3.57. The molecule has 0 bridgehead atoms. The highest BCUT2D eigenvalue weighted by Gasteiger charge is 2.44. The number of carboxylic acid groups (broad SMARTS) is 1. The van der Waals surface area contributed by atoms with Gasteiger partial charge >= 0.3 is 5.97 Å². The third kappa shape index (κ3) is 1.76. The third-order valence-electron chi connectivity index (χ3n) is 2.27. The van der Waals surface area contributed by atoms with Crippen molar-refractivity contribution in [3.63, 3.8) is 0 Å². The van der Waals surface area contributed by atoms with Gasteiger partial charge in [-0.25, -0.2) is 0 Å². The average molecular weight is 173 g/mol. The highest BCUT2D eigenvalue weighted by molar-refractivity contribution is 5.76. The van der Waals surface area contributed by atoms with Gasteiger partial charge in [-0.05, 0) is 6.92 Å². The van der Waals surface area contributed by atoms with Gasteiger partial charge in [0.2, 0.25) is 0 Å². The Bertz CT molecular complexity index is 175. The van der Waals surface area contributed by atoms with Crippen LogP contribution in [0.1, 0.15) is 6.92 Å². The Morgan fingerprint density at radius 2 is 2.25 bits per heavy atom. The van der Waals surface area contributed by atoms with Gasteiger partial charge in [0, 0.05) is 26.7 Å². The van der Waals surface area contributed by atoms with Crippen molar-refractivity contribution < 1.29 is 14.6 Å². The summed E-state index contributed by atoms with van der Waals surface area (Å²) in [7, 11) is 1.65. The molecule has 4 heteroatoms. The Labute approximate surface area is 72.1 Å². The smallest absolute Gasteiger partial charge is 0.311 e. The maximum Gasteiger partial charge on any atom is 0.311 e. The molecule has 1 aliphatic rings. The zero-order valence-corrected chi connectivity index (χ0v) is 7.54. The number of rotatable bonds is 4.